The molecule has 112 valence electrons. The molecule has 0 bridgehead atoms. The third kappa shape index (κ3) is 4.71. The van der Waals surface area contributed by atoms with Gasteiger partial charge in [-0.1, -0.05) is 6.07 Å². The molecular weight excluding hydrogens is 284 g/mol. The lowest BCUT2D eigenvalue weighted by Gasteiger charge is -2.13. The molecule has 8 heteroatoms. The van der Waals surface area contributed by atoms with Gasteiger partial charge in [-0.05, 0) is 12.1 Å². The van der Waals surface area contributed by atoms with Gasteiger partial charge in [0.05, 0.1) is 20.5 Å². The van der Waals surface area contributed by atoms with Crippen LogP contribution in [-0.2, 0) is 10.0 Å². The molecule has 2 N–H and O–H groups in total. The molecule has 1 rings (SSSR count). The lowest BCUT2D eigenvalue weighted by molar-refractivity contribution is 0.0948. The third-order valence-electron chi connectivity index (χ3n) is 2.43. The van der Waals surface area contributed by atoms with Gasteiger partial charge in [0.25, 0.3) is 5.91 Å². The number of carbonyl (C=O) groups excluding carboxylic acids is 1. The Hall–Kier alpha value is -1.80. The highest BCUT2D eigenvalue weighted by Gasteiger charge is 2.17. The van der Waals surface area contributed by atoms with Crippen molar-refractivity contribution in [3.05, 3.63) is 23.8 Å². The highest BCUT2D eigenvalue weighted by molar-refractivity contribution is 7.88. The van der Waals surface area contributed by atoms with Gasteiger partial charge in [0.2, 0.25) is 10.0 Å². The van der Waals surface area contributed by atoms with Crippen molar-refractivity contribution in [3.63, 3.8) is 0 Å². The van der Waals surface area contributed by atoms with E-state index in [0.29, 0.717) is 11.5 Å². The van der Waals surface area contributed by atoms with Crippen molar-refractivity contribution in [2.75, 3.05) is 33.6 Å². The average molecular weight is 302 g/mol. The first-order valence-electron chi connectivity index (χ1n) is 5.83. The maximum Gasteiger partial charge on any atom is 0.258 e. The fraction of sp³-hybridized carbons (Fsp3) is 0.417. The van der Waals surface area contributed by atoms with Gasteiger partial charge in [0.15, 0.2) is 0 Å². The Balaban J connectivity index is 2.72. The number of hydrogen-bond donors (Lipinski definition) is 2. The Bertz CT molecular complexity index is 549. The molecule has 0 saturated carbocycles. The molecule has 0 radical (unpaired) electrons. The van der Waals surface area contributed by atoms with Gasteiger partial charge in [-0.2, -0.15) is 0 Å². The molecule has 0 fully saturated rings. The number of rotatable bonds is 7. The van der Waals surface area contributed by atoms with Crippen LogP contribution < -0.4 is 19.5 Å². The van der Waals surface area contributed by atoms with E-state index in [1.807, 2.05) is 0 Å². The summed E-state index contributed by atoms with van der Waals surface area (Å²) in [5.41, 5.74) is 0.275. The molecule has 0 heterocycles. The van der Waals surface area contributed by atoms with E-state index >= 15 is 0 Å². The minimum Gasteiger partial charge on any atom is -0.496 e. The minimum atomic E-state index is -3.26. The topological polar surface area (TPSA) is 93.7 Å². The second-order valence-corrected chi connectivity index (χ2v) is 5.79. The van der Waals surface area contributed by atoms with Crippen LogP contribution in [0.25, 0.3) is 0 Å². The number of hydrogen-bond acceptors (Lipinski definition) is 5. The smallest absolute Gasteiger partial charge is 0.258 e. The summed E-state index contributed by atoms with van der Waals surface area (Å²) >= 11 is 0. The van der Waals surface area contributed by atoms with Crippen LogP contribution in [0.4, 0.5) is 0 Å². The average Bonchev–Trinajstić information content (AvgIpc) is 2.41. The van der Waals surface area contributed by atoms with Crippen LogP contribution in [0.15, 0.2) is 18.2 Å². The molecule has 0 spiro atoms. The highest BCUT2D eigenvalue weighted by atomic mass is 32.2. The summed E-state index contributed by atoms with van der Waals surface area (Å²) in [4.78, 5) is 12.1. The second kappa shape index (κ2) is 7.11. The minimum absolute atomic E-state index is 0.113. The summed E-state index contributed by atoms with van der Waals surface area (Å²) in [6.45, 7) is 0.273. The van der Waals surface area contributed by atoms with Crippen LogP contribution in [0.5, 0.6) is 11.5 Å². The van der Waals surface area contributed by atoms with Crippen LogP contribution in [0.2, 0.25) is 0 Å². The second-order valence-electron chi connectivity index (χ2n) is 3.96. The van der Waals surface area contributed by atoms with E-state index in [0.717, 1.165) is 6.26 Å². The molecule has 0 unspecified atom stereocenters. The van der Waals surface area contributed by atoms with Crippen LogP contribution in [-0.4, -0.2) is 47.9 Å². The normalized spacial score (nSPS) is 10.9. The van der Waals surface area contributed by atoms with Crippen molar-refractivity contribution in [1.82, 2.24) is 10.0 Å². The number of benzene rings is 1. The summed E-state index contributed by atoms with van der Waals surface area (Å²) in [5, 5.41) is 2.60. The molecule has 0 atom stereocenters. The van der Waals surface area contributed by atoms with Gasteiger partial charge in [-0.15, -0.1) is 0 Å². The number of ether oxygens (including phenoxy) is 2. The number of sulfonamides is 1. The Morgan fingerprint density at radius 1 is 1.15 bits per heavy atom. The van der Waals surface area contributed by atoms with E-state index in [2.05, 4.69) is 10.0 Å². The van der Waals surface area contributed by atoms with E-state index in [4.69, 9.17) is 9.47 Å². The quantitative estimate of drug-likeness (QED) is 0.691. The summed E-state index contributed by atoms with van der Waals surface area (Å²) in [5.74, 6) is 0.380. The first-order valence-corrected chi connectivity index (χ1v) is 7.72. The molecule has 20 heavy (non-hydrogen) atoms. The first-order chi connectivity index (χ1) is 9.39. The fourth-order valence-electron chi connectivity index (χ4n) is 1.58. The predicted molar refractivity (Wildman–Crippen MR) is 74.7 cm³/mol. The molecular formula is C12H18N2O5S. The Morgan fingerprint density at radius 3 is 2.15 bits per heavy atom. The predicted octanol–water partition coefficient (Wildman–Crippen LogP) is -0.0172. The monoisotopic (exact) mass is 302 g/mol. The zero-order valence-corrected chi connectivity index (χ0v) is 12.4. The van der Waals surface area contributed by atoms with Crippen molar-refractivity contribution in [2.24, 2.45) is 0 Å². The fourth-order valence-corrected chi connectivity index (χ4v) is 2.05. The maximum atomic E-state index is 12.1. The van der Waals surface area contributed by atoms with Gasteiger partial charge in [-0.3, -0.25) is 4.79 Å². The Labute approximate surface area is 118 Å². The summed E-state index contributed by atoms with van der Waals surface area (Å²) in [6.07, 6.45) is 1.05. The summed E-state index contributed by atoms with van der Waals surface area (Å²) < 4.78 is 34.3. The molecule has 1 aromatic rings. The van der Waals surface area contributed by atoms with Gasteiger partial charge >= 0.3 is 0 Å². The first kappa shape index (κ1) is 16.3. The van der Waals surface area contributed by atoms with Gasteiger partial charge in [0, 0.05) is 13.1 Å². The molecule has 0 aromatic heterocycles. The van der Waals surface area contributed by atoms with Crippen molar-refractivity contribution in [2.45, 2.75) is 0 Å². The van der Waals surface area contributed by atoms with E-state index in [-0.39, 0.29) is 18.7 Å². The summed E-state index contributed by atoms with van der Waals surface area (Å²) in [7, 11) is -0.353. The standard InChI is InChI=1S/C12H18N2O5S/c1-18-9-5-4-6-10(19-2)11(9)12(15)13-7-8-14-20(3,16)17/h4-6,14H,7-8H2,1-3H3,(H,13,15). The number of methoxy groups -OCH3 is 2. The van der Waals surface area contributed by atoms with Crippen molar-refractivity contribution < 1.29 is 22.7 Å². The van der Waals surface area contributed by atoms with Crippen LogP contribution in [0.1, 0.15) is 10.4 Å². The Morgan fingerprint density at radius 2 is 1.70 bits per heavy atom. The number of amides is 1. The number of carbonyl (C=O) groups is 1. The van der Waals surface area contributed by atoms with Crippen LogP contribution in [0.3, 0.4) is 0 Å². The molecule has 0 aliphatic heterocycles. The maximum absolute atomic E-state index is 12.1. The molecule has 0 aliphatic carbocycles. The van der Waals surface area contributed by atoms with Crippen molar-refractivity contribution in [3.8, 4) is 11.5 Å². The zero-order valence-electron chi connectivity index (χ0n) is 11.6. The van der Waals surface area contributed by atoms with E-state index in [1.165, 1.54) is 14.2 Å². The van der Waals surface area contributed by atoms with Crippen molar-refractivity contribution in [1.29, 1.82) is 0 Å². The van der Waals surface area contributed by atoms with E-state index in [9.17, 15) is 13.2 Å². The Kier molecular flexibility index (Phi) is 5.78. The van der Waals surface area contributed by atoms with Crippen LogP contribution >= 0.6 is 0 Å². The molecule has 1 aromatic carbocycles. The van der Waals surface area contributed by atoms with E-state index < -0.39 is 15.9 Å². The lowest BCUT2D eigenvalue weighted by atomic mass is 10.1. The van der Waals surface area contributed by atoms with Crippen molar-refractivity contribution >= 4 is 15.9 Å². The molecule has 0 aliphatic rings. The highest BCUT2D eigenvalue weighted by Crippen LogP contribution is 2.27. The molecule has 0 saturated heterocycles. The third-order valence-corrected chi connectivity index (χ3v) is 3.16. The van der Waals surface area contributed by atoms with Gasteiger partial charge < -0.3 is 14.8 Å². The molecule has 7 nitrogen and oxygen atoms in total. The lowest BCUT2D eigenvalue weighted by Crippen LogP contribution is -2.34. The summed E-state index contributed by atoms with van der Waals surface area (Å²) in [6, 6.07) is 5.00. The van der Waals surface area contributed by atoms with Crippen LogP contribution in [0, 0.1) is 0 Å². The van der Waals surface area contributed by atoms with Gasteiger partial charge in [0.1, 0.15) is 17.1 Å². The zero-order chi connectivity index (χ0) is 15.2. The van der Waals surface area contributed by atoms with Gasteiger partial charge in [-0.25, -0.2) is 13.1 Å². The SMILES string of the molecule is COc1cccc(OC)c1C(=O)NCCNS(C)(=O)=O. The number of nitrogens with one attached hydrogen (secondary N) is 2. The molecule has 1 amide bonds. The largest absolute Gasteiger partial charge is 0.496 e. The van der Waals surface area contributed by atoms with E-state index in [1.54, 1.807) is 18.2 Å².